The minimum Gasteiger partial charge on any atom is -0.352 e. The molecule has 2 aromatic heterocycles. The number of nitrogens with zero attached hydrogens (tertiary/aromatic N) is 5. The number of carbonyl (C=O) groups is 1. The van der Waals surface area contributed by atoms with E-state index >= 15 is 0 Å². The van der Waals surface area contributed by atoms with E-state index in [1.165, 1.54) is 4.90 Å². The second-order valence-electron chi connectivity index (χ2n) is 7.25. The average molecular weight is 443 g/mol. The fourth-order valence-electron chi connectivity index (χ4n) is 3.25. The zero-order chi connectivity index (χ0) is 22.7. The van der Waals surface area contributed by atoms with Crippen LogP contribution in [0.3, 0.4) is 0 Å². The number of benzene rings is 1. The van der Waals surface area contributed by atoms with Gasteiger partial charge >= 0.3 is 6.03 Å². The summed E-state index contributed by atoms with van der Waals surface area (Å²) in [4.78, 5) is 20.0. The van der Waals surface area contributed by atoms with Gasteiger partial charge in [-0.15, -0.1) is 10.2 Å². The number of nitrogens with one attached hydrogen (secondary N) is 2. The van der Waals surface area contributed by atoms with Gasteiger partial charge in [-0.05, 0) is 48.9 Å². The summed E-state index contributed by atoms with van der Waals surface area (Å²) in [5, 5.41) is 13.8. The van der Waals surface area contributed by atoms with E-state index in [9.17, 15) is 18.0 Å². The van der Waals surface area contributed by atoms with E-state index in [-0.39, 0.29) is 0 Å². The number of amides is 2. The van der Waals surface area contributed by atoms with Gasteiger partial charge in [-0.2, -0.15) is 0 Å². The Labute approximate surface area is 182 Å². The van der Waals surface area contributed by atoms with Gasteiger partial charge in [0.15, 0.2) is 29.1 Å². The van der Waals surface area contributed by atoms with Crippen LogP contribution in [0.1, 0.15) is 5.56 Å². The van der Waals surface area contributed by atoms with Crippen LogP contribution in [0.2, 0.25) is 0 Å². The number of carbonyl (C=O) groups excluding carboxylic acids is 1. The molecule has 0 radical (unpaired) electrons. The van der Waals surface area contributed by atoms with Crippen LogP contribution in [0.25, 0.3) is 0 Å². The molecular weight excluding hydrogens is 423 g/mol. The predicted molar refractivity (Wildman–Crippen MR) is 113 cm³/mol. The van der Waals surface area contributed by atoms with E-state index < -0.39 is 29.2 Å². The Bertz CT molecular complexity index is 1120. The number of piperazine rings is 1. The molecule has 11 heteroatoms. The first kappa shape index (κ1) is 21.3. The summed E-state index contributed by atoms with van der Waals surface area (Å²) >= 11 is 0. The van der Waals surface area contributed by atoms with Crippen molar-refractivity contribution in [1.29, 1.82) is 0 Å². The first-order chi connectivity index (χ1) is 15.4. The maximum absolute atomic E-state index is 13.8. The molecule has 1 aromatic carbocycles. The zero-order valence-electron chi connectivity index (χ0n) is 17.1. The quantitative estimate of drug-likeness (QED) is 0.598. The SMILES string of the molecule is Cc1ccnc(Nc2ccc(N3CCN(C(=O)Nc4ccc(F)c(F)c4F)CC3)nn2)c1. The van der Waals surface area contributed by atoms with Gasteiger partial charge in [0.05, 0.1) is 5.69 Å². The second kappa shape index (κ2) is 9.08. The number of aromatic nitrogens is 3. The maximum Gasteiger partial charge on any atom is 0.322 e. The van der Waals surface area contributed by atoms with Crippen molar-refractivity contribution in [1.82, 2.24) is 20.1 Å². The Balaban J connectivity index is 1.32. The van der Waals surface area contributed by atoms with Gasteiger partial charge in [0.25, 0.3) is 0 Å². The number of rotatable bonds is 4. The largest absolute Gasteiger partial charge is 0.352 e. The number of aryl methyl sites for hydroxylation is 1. The highest BCUT2D eigenvalue weighted by atomic mass is 19.2. The lowest BCUT2D eigenvalue weighted by molar-refractivity contribution is 0.208. The van der Waals surface area contributed by atoms with Crippen LogP contribution in [0.4, 0.5) is 41.1 Å². The smallest absolute Gasteiger partial charge is 0.322 e. The molecule has 8 nitrogen and oxygen atoms in total. The lowest BCUT2D eigenvalue weighted by Gasteiger charge is -2.35. The van der Waals surface area contributed by atoms with Gasteiger partial charge in [0.1, 0.15) is 5.82 Å². The Hall–Kier alpha value is -3.89. The molecule has 0 spiro atoms. The van der Waals surface area contributed by atoms with Crippen LogP contribution in [0.15, 0.2) is 42.6 Å². The van der Waals surface area contributed by atoms with Crippen molar-refractivity contribution in [3.8, 4) is 0 Å². The summed E-state index contributed by atoms with van der Waals surface area (Å²) < 4.78 is 40.2. The molecular formula is C21H20F3N7O. The molecule has 1 aliphatic rings. The molecule has 32 heavy (non-hydrogen) atoms. The standard InChI is InChI=1S/C21H20F3N7O/c1-13-6-7-25-17(12-13)27-16-4-5-18(29-28-16)30-8-10-31(11-9-30)21(32)26-15-3-2-14(22)19(23)20(15)24/h2-7,12H,8-11H2,1H3,(H,26,32)(H,25,27,28). The van der Waals surface area contributed by atoms with E-state index in [2.05, 4.69) is 25.8 Å². The molecule has 0 atom stereocenters. The van der Waals surface area contributed by atoms with Crippen LogP contribution in [0.5, 0.6) is 0 Å². The summed E-state index contributed by atoms with van der Waals surface area (Å²) in [5.74, 6) is -2.49. The van der Waals surface area contributed by atoms with Crippen molar-refractivity contribution in [2.24, 2.45) is 0 Å². The van der Waals surface area contributed by atoms with E-state index in [1.807, 2.05) is 30.0 Å². The van der Waals surface area contributed by atoms with Gasteiger partial charge in [0.2, 0.25) is 0 Å². The van der Waals surface area contributed by atoms with Crippen LogP contribution < -0.4 is 15.5 Å². The summed E-state index contributed by atoms with van der Waals surface area (Å²) in [6, 6.07) is 8.55. The van der Waals surface area contributed by atoms with E-state index in [0.717, 1.165) is 17.7 Å². The summed E-state index contributed by atoms with van der Waals surface area (Å²) in [6.07, 6.45) is 1.70. The van der Waals surface area contributed by atoms with Gasteiger partial charge in [-0.3, -0.25) is 0 Å². The fraction of sp³-hybridized carbons (Fsp3) is 0.238. The number of anilines is 4. The summed E-state index contributed by atoms with van der Waals surface area (Å²) in [5.41, 5.74) is 0.662. The van der Waals surface area contributed by atoms with Crippen LogP contribution >= 0.6 is 0 Å². The van der Waals surface area contributed by atoms with Crippen molar-refractivity contribution < 1.29 is 18.0 Å². The highest BCUT2D eigenvalue weighted by molar-refractivity contribution is 5.89. The molecule has 3 heterocycles. The topological polar surface area (TPSA) is 86.3 Å². The highest BCUT2D eigenvalue weighted by Crippen LogP contribution is 2.21. The van der Waals surface area contributed by atoms with Gasteiger partial charge in [0, 0.05) is 32.4 Å². The third-order valence-corrected chi connectivity index (χ3v) is 4.99. The predicted octanol–water partition coefficient (Wildman–Crippen LogP) is 3.70. The Morgan fingerprint density at radius 1 is 0.938 bits per heavy atom. The average Bonchev–Trinajstić information content (AvgIpc) is 2.80. The highest BCUT2D eigenvalue weighted by Gasteiger charge is 2.24. The normalized spacial score (nSPS) is 13.8. The van der Waals surface area contributed by atoms with Crippen molar-refractivity contribution in [2.75, 3.05) is 41.7 Å². The first-order valence-electron chi connectivity index (χ1n) is 9.88. The molecule has 0 aliphatic carbocycles. The Kier molecular flexibility index (Phi) is 6.06. The molecule has 1 aliphatic heterocycles. The van der Waals surface area contributed by atoms with E-state index in [0.29, 0.717) is 43.6 Å². The Morgan fingerprint density at radius 3 is 2.41 bits per heavy atom. The number of hydrogen-bond donors (Lipinski definition) is 2. The lowest BCUT2D eigenvalue weighted by atomic mass is 10.2. The maximum atomic E-state index is 13.8. The van der Waals surface area contributed by atoms with Gasteiger partial charge in [-0.25, -0.2) is 22.9 Å². The molecule has 0 bridgehead atoms. The van der Waals surface area contributed by atoms with Crippen molar-refractivity contribution in [3.05, 3.63) is 65.6 Å². The van der Waals surface area contributed by atoms with Crippen molar-refractivity contribution in [3.63, 3.8) is 0 Å². The molecule has 0 saturated carbocycles. The Morgan fingerprint density at radius 2 is 1.72 bits per heavy atom. The number of urea groups is 1. The molecule has 166 valence electrons. The number of pyridine rings is 1. The zero-order valence-corrected chi connectivity index (χ0v) is 17.1. The molecule has 1 fully saturated rings. The van der Waals surface area contributed by atoms with E-state index in [1.54, 1.807) is 12.3 Å². The minimum absolute atomic E-state index is 0.339. The van der Waals surface area contributed by atoms with Gasteiger partial charge < -0.3 is 20.4 Å². The number of hydrogen-bond acceptors (Lipinski definition) is 6. The molecule has 4 rings (SSSR count). The minimum atomic E-state index is -1.62. The third-order valence-electron chi connectivity index (χ3n) is 4.99. The monoisotopic (exact) mass is 443 g/mol. The summed E-state index contributed by atoms with van der Waals surface area (Å²) in [6.45, 7) is 3.61. The van der Waals surface area contributed by atoms with Crippen LogP contribution in [-0.4, -0.2) is 52.3 Å². The number of halogens is 3. The van der Waals surface area contributed by atoms with Crippen molar-refractivity contribution in [2.45, 2.75) is 6.92 Å². The molecule has 2 N–H and O–H groups in total. The second-order valence-corrected chi connectivity index (χ2v) is 7.25. The van der Waals surface area contributed by atoms with Gasteiger partial charge in [-0.1, -0.05) is 0 Å². The molecule has 0 unspecified atom stereocenters. The first-order valence-corrected chi connectivity index (χ1v) is 9.88. The molecule has 3 aromatic rings. The molecule has 1 saturated heterocycles. The van der Waals surface area contributed by atoms with Crippen LogP contribution in [-0.2, 0) is 0 Å². The van der Waals surface area contributed by atoms with E-state index in [4.69, 9.17) is 0 Å². The van der Waals surface area contributed by atoms with Crippen LogP contribution in [0, 0.1) is 24.4 Å². The fourth-order valence-corrected chi connectivity index (χ4v) is 3.25. The summed E-state index contributed by atoms with van der Waals surface area (Å²) in [7, 11) is 0. The lowest BCUT2D eigenvalue weighted by Crippen LogP contribution is -2.50. The van der Waals surface area contributed by atoms with Crippen molar-refractivity contribution >= 4 is 29.2 Å². The molecule has 2 amide bonds. The third kappa shape index (κ3) is 4.71.